The molecular weight excluding hydrogens is 265 g/mol. The zero-order valence-corrected chi connectivity index (χ0v) is 12.3. The van der Waals surface area contributed by atoms with Gasteiger partial charge in [0.05, 0.1) is 5.92 Å². The molecule has 0 spiro atoms. The Balaban J connectivity index is 2.20. The molecule has 110 valence electrons. The smallest absolute Gasteiger partial charge is 0.232 e. The van der Waals surface area contributed by atoms with Crippen molar-refractivity contribution in [1.29, 1.82) is 0 Å². The maximum atomic E-state index is 12.9. The van der Waals surface area contributed by atoms with Crippen LogP contribution in [-0.2, 0) is 4.79 Å². The van der Waals surface area contributed by atoms with Crippen LogP contribution >= 0.6 is 0 Å². The van der Waals surface area contributed by atoms with E-state index in [4.69, 9.17) is 0 Å². The third-order valence-electron chi connectivity index (χ3n) is 3.77. The Morgan fingerprint density at radius 2 is 1.71 bits per heavy atom. The molecule has 2 aromatic rings. The molecule has 21 heavy (non-hydrogen) atoms. The van der Waals surface area contributed by atoms with Crippen molar-refractivity contribution in [2.24, 2.45) is 5.92 Å². The summed E-state index contributed by atoms with van der Waals surface area (Å²) in [6.45, 7) is 4.15. The second-order valence-corrected chi connectivity index (χ2v) is 5.27. The van der Waals surface area contributed by atoms with Crippen molar-refractivity contribution >= 4 is 11.6 Å². The van der Waals surface area contributed by atoms with Gasteiger partial charge in [0.25, 0.3) is 0 Å². The number of benzene rings is 2. The second-order valence-electron chi connectivity index (χ2n) is 5.27. The van der Waals surface area contributed by atoms with Gasteiger partial charge in [-0.05, 0) is 35.7 Å². The summed E-state index contributed by atoms with van der Waals surface area (Å²) < 4.78 is 12.9. The molecule has 0 saturated carbocycles. The molecule has 0 aliphatic heterocycles. The minimum Gasteiger partial charge on any atom is -0.326 e. The number of anilines is 1. The monoisotopic (exact) mass is 285 g/mol. The lowest BCUT2D eigenvalue weighted by molar-refractivity contribution is -0.118. The largest absolute Gasteiger partial charge is 0.326 e. The van der Waals surface area contributed by atoms with Crippen LogP contribution in [0.2, 0.25) is 0 Å². The standard InChI is InChI=1S/C18H20FNO/c1-3-13(2)17(14-7-5-4-6-8-14)18(21)20-16-11-9-15(19)10-12-16/h4-13,17H,3H2,1-2H3,(H,20,21)/t13-,17+/m1/s1. The lowest BCUT2D eigenvalue weighted by Crippen LogP contribution is -2.26. The first-order valence-corrected chi connectivity index (χ1v) is 7.23. The number of amides is 1. The fourth-order valence-electron chi connectivity index (χ4n) is 2.39. The first-order valence-electron chi connectivity index (χ1n) is 7.23. The van der Waals surface area contributed by atoms with Crippen LogP contribution in [-0.4, -0.2) is 5.91 Å². The maximum Gasteiger partial charge on any atom is 0.232 e. The summed E-state index contributed by atoms with van der Waals surface area (Å²) in [7, 11) is 0. The lowest BCUT2D eigenvalue weighted by atomic mass is 9.85. The van der Waals surface area contributed by atoms with Crippen LogP contribution in [0.1, 0.15) is 31.7 Å². The van der Waals surface area contributed by atoms with Crippen molar-refractivity contribution in [3.8, 4) is 0 Å². The summed E-state index contributed by atoms with van der Waals surface area (Å²) >= 11 is 0. The van der Waals surface area contributed by atoms with Crippen molar-refractivity contribution in [3.63, 3.8) is 0 Å². The minimum absolute atomic E-state index is 0.0536. The molecule has 0 fully saturated rings. The molecule has 1 N–H and O–H groups in total. The Hall–Kier alpha value is -2.16. The van der Waals surface area contributed by atoms with Crippen LogP contribution in [0.25, 0.3) is 0 Å². The van der Waals surface area contributed by atoms with Gasteiger partial charge in [-0.3, -0.25) is 4.79 Å². The van der Waals surface area contributed by atoms with E-state index >= 15 is 0 Å². The van der Waals surface area contributed by atoms with Gasteiger partial charge in [-0.15, -0.1) is 0 Å². The van der Waals surface area contributed by atoms with Crippen LogP contribution in [0, 0.1) is 11.7 Å². The third kappa shape index (κ3) is 3.91. The van der Waals surface area contributed by atoms with E-state index in [1.165, 1.54) is 12.1 Å². The van der Waals surface area contributed by atoms with Crippen molar-refractivity contribution in [1.82, 2.24) is 0 Å². The summed E-state index contributed by atoms with van der Waals surface area (Å²) in [4.78, 5) is 12.6. The molecule has 0 radical (unpaired) electrons. The summed E-state index contributed by atoms with van der Waals surface area (Å²) in [5, 5.41) is 2.88. The molecule has 0 saturated heterocycles. The van der Waals surface area contributed by atoms with Gasteiger partial charge in [-0.25, -0.2) is 4.39 Å². The van der Waals surface area contributed by atoms with Crippen molar-refractivity contribution in [2.45, 2.75) is 26.2 Å². The summed E-state index contributed by atoms with van der Waals surface area (Å²) in [5.74, 6) is -0.342. The Labute approximate surface area is 125 Å². The molecule has 2 aromatic carbocycles. The Bertz CT molecular complexity index is 580. The fraction of sp³-hybridized carbons (Fsp3) is 0.278. The van der Waals surface area contributed by atoms with Crippen molar-refractivity contribution < 1.29 is 9.18 Å². The van der Waals surface area contributed by atoms with Gasteiger partial charge in [0.15, 0.2) is 0 Å². The van der Waals surface area contributed by atoms with Gasteiger partial charge < -0.3 is 5.32 Å². The van der Waals surface area contributed by atoms with Crippen molar-refractivity contribution in [2.75, 3.05) is 5.32 Å². The molecule has 0 bridgehead atoms. The molecular formula is C18H20FNO. The molecule has 0 heterocycles. The first kappa shape index (κ1) is 15.2. The highest BCUT2D eigenvalue weighted by molar-refractivity contribution is 5.96. The molecule has 0 aromatic heterocycles. The molecule has 2 atom stereocenters. The highest BCUT2D eigenvalue weighted by Gasteiger charge is 2.25. The molecule has 2 rings (SSSR count). The van der Waals surface area contributed by atoms with E-state index in [0.29, 0.717) is 5.69 Å². The van der Waals surface area contributed by atoms with Gasteiger partial charge >= 0.3 is 0 Å². The second kappa shape index (κ2) is 7.02. The third-order valence-corrected chi connectivity index (χ3v) is 3.77. The van der Waals surface area contributed by atoms with E-state index in [9.17, 15) is 9.18 Å². The molecule has 0 unspecified atom stereocenters. The van der Waals surface area contributed by atoms with E-state index in [-0.39, 0.29) is 23.6 Å². The highest BCUT2D eigenvalue weighted by Crippen LogP contribution is 2.28. The number of nitrogens with one attached hydrogen (secondary N) is 1. The van der Waals surface area contributed by atoms with E-state index in [1.54, 1.807) is 12.1 Å². The van der Waals surface area contributed by atoms with Gasteiger partial charge in [0.1, 0.15) is 5.82 Å². The molecule has 2 nitrogen and oxygen atoms in total. The predicted octanol–water partition coefficient (Wildman–Crippen LogP) is 4.59. The van der Waals surface area contributed by atoms with Crippen LogP contribution < -0.4 is 5.32 Å². The Kier molecular flexibility index (Phi) is 5.09. The van der Waals surface area contributed by atoms with Crippen LogP contribution in [0.3, 0.4) is 0 Å². The van der Waals surface area contributed by atoms with Crippen LogP contribution in [0.4, 0.5) is 10.1 Å². The van der Waals surface area contributed by atoms with Gasteiger partial charge in [-0.2, -0.15) is 0 Å². The van der Waals surface area contributed by atoms with E-state index in [1.807, 2.05) is 30.3 Å². The average molecular weight is 285 g/mol. The zero-order chi connectivity index (χ0) is 15.2. The maximum absolute atomic E-state index is 12.9. The fourth-order valence-corrected chi connectivity index (χ4v) is 2.39. The quantitative estimate of drug-likeness (QED) is 0.855. The Morgan fingerprint density at radius 1 is 1.10 bits per heavy atom. The number of rotatable bonds is 5. The van der Waals surface area contributed by atoms with E-state index < -0.39 is 0 Å². The molecule has 1 amide bonds. The van der Waals surface area contributed by atoms with E-state index in [2.05, 4.69) is 19.2 Å². The minimum atomic E-state index is -0.311. The van der Waals surface area contributed by atoms with E-state index in [0.717, 1.165) is 12.0 Å². The molecule has 0 aliphatic rings. The van der Waals surface area contributed by atoms with Gasteiger partial charge in [0.2, 0.25) is 5.91 Å². The number of carbonyl (C=O) groups excluding carboxylic acids is 1. The van der Waals surface area contributed by atoms with Crippen molar-refractivity contribution in [3.05, 3.63) is 66.0 Å². The zero-order valence-electron chi connectivity index (χ0n) is 12.3. The topological polar surface area (TPSA) is 29.1 Å². The molecule has 3 heteroatoms. The number of hydrogen-bond acceptors (Lipinski definition) is 1. The number of halogens is 1. The Morgan fingerprint density at radius 3 is 2.29 bits per heavy atom. The first-order chi connectivity index (χ1) is 10.1. The highest BCUT2D eigenvalue weighted by atomic mass is 19.1. The van der Waals surface area contributed by atoms with Crippen LogP contribution in [0.15, 0.2) is 54.6 Å². The number of hydrogen-bond donors (Lipinski definition) is 1. The average Bonchev–Trinajstić information content (AvgIpc) is 2.50. The lowest BCUT2D eigenvalue weighted by Gasteiger charge is -2.22. The summed E-state index contributed by atoms with van der Waals surface area (Å²) in [6, 6.07) is 15.6. The molecule has 0 aliphatic carbocycles. The number of carbonyl (C=O) groups is 1. The van der Waals surface area contributed by atoms with Gasteiger partial charge in [-0.1, -0.05) is 50.6 Å². The summed E-state index contributed by atoms with van der Waals surface area (Å²) in [5.41, 5.74) is 1.62. The SMILES string of the molecule is CC[C@@H](C)[C@H](C(=O)Nc1ccc(F)cc1)c1ccccc1. The summed E-state index contributed by atoms with van der Waals surface area (Å²) in [6.07, 6.45) is 0.913. The normalized spacial score (nSPS) is 13.5. The predicted molar refractivity (Wildman–Crippen MR) is 83.7 cm³/mol. The van der Waals surface area contributed by atoms with Gasteiger partial charge in [0, 0.05) is 5.69 Å². The van der Waals surface area contributed by atoms with Crippen LogP contribution in [0.5, 0.6) is 0 Å².